The van der Waals surface area contributed by atoms with E-state index in [4.69, 9.17) is 14.5 Å². The van der Waals surface area contributed by atoms with E-state index in [1.54, 1.807) is 45.9 Å². The largest absolute Gasteiger partial charge is 0.477 e. The van der Waals surface area contributed by atoms with E-state index in [2.05, 4.69) is 27.0 Å². The van der Waals surface area contributed by atoms with Crippen LogP contribution in [0.15, 0.2) is 60.8 Å². The molecule has 330 valence electrons. The van der Waals surface area contributed by atoms with Crippen molar-refractivity contribution in [1.82, 2.24) is 24.8 Å². The summed E-state index contributed by atoms with van der Waals surface area (Å²) in [5.74, 6) is -2.81. The maximum Gasteiger partial charge on any atom is 0.407 e. The lowest BCUT2D eigenvalue weighted by atomic mass is 9.83. The van der Waals surface area contributed by atoms with Gasteiger partial charge in [-0.3, -0.25) is 29.2 Å². The summed E-state index contributed by atoms with van der Waals surface area (Å²) in [5.41, 5.74) is -0.286. The monoisotopic (exact) mass is 870 g/mol. The number of nitrogens with zero attached hydrogens (tertiary/aromatic N) is 6. The molecule has 1 amide bonds. The number of pyridine rings is 1. The van der Waals surface area contributed by atoms with Gasteiger partial charge in [-0.2, -0.15) is 9.97 Å². The van der Waals surface area contributed by atoms with Crippen LogP contribution in [-0.2, 0) is 11.2 Å². The van der Waals surface area contributed by atoms with E-state index in [-0.39, 0.29) is 74.9 Å². The fraction of sp³-hybridized carbons (Fsp3) is 0.408. The molecule has 3 aliphatic heterocycles. The van der Waals surface area contributed by atoms with Gasteiger partial charge >= 0.3 is 12.1 Å². The van der Waals surface area contributed by atoms with Crippen molar-refractivity contribution in [3.8, 4) is 23.0 Å². The molecule has 2 aromatic heterocycles. The number of carbonyl (C=O) groups excluding carboxylic acids is 3. The molecule has 1 saturated carbocycles. The molecule has 3 aromatic carbocycles. The first-order valence-corrected chi connectivity index (χ1v) is 22.0. The van der Waals surface area contributed by atoms with Crippen molar-refractivity contribution in [2.45, 2.75) is 78.0 Å². The van der Waals surface area contributed by atoms with E-state index >= 15 is 8.78 Å². The molecule has 15 heteroatoms. The molecule has 2 saturated heterocycles. The Balaban J connectivity index is 1.09. The molecule has 5 aliphatic rings. The van der Waals surface area contributed by atoms with Crippen LogP contribution in [-0.4, -0.2) is 105 Å². The number of carbonyl (C=O) groups is 4. The van der Waals surface area contributed by atoms with Crippen LogP contribution in [0.1, 0.15) is 91.3 Å². The van der Waals surface area contributed by atoms with Gasteiger partial charge in [0.2, 0.25) is 11.6 Å². The number of Topliss-reactive ketones (excluding diaryl/α,β-unsaturated/α-hetero) is 3. The zero-order valence-electron chi connectivity index (χ0n) is 36.1. The average Bonchev–Trinajstić information content (AvgIpc) is 3.60. The first-order valence-electron chi connectivity index (χ1n) is 22.0. The molecule has 0 spiro atoms. The van der Waals surface area contributed by atoms with Gasteiger partial charge < -0.3 is 19.5 Å². The number of piperazine rings is 1. The Kier molecular flexibility index (Phi) is 10.0. The third-order valence-corrected chi connectivity index (χ3v) is 13.6. The van der Waals surface area contributed by atoms with Crippen LogP contribution in [0.2, 0.25) is 0 Å². The number of benzene rings is 3. The molecule has 64 heavy (non-hydrogen) atoms. The third kappa shape index (κ3) is 7.04. The normalized spacial score (nSPS) is 21.3. The molecule has 3 fully saturated rings. The van der Waals surface area contributed by atoms with Gasteiger partial charge in [0.1, 0.15) is 28.6 Å². The van der Waals surface area contributed by atoms with E-state index in [1.165, 1.54) is 35.4 Å². The van der Waals surface area contributed by atoms with Crippen molar-refractivity contribution in [2.75, 3.05) is 44.2 Å². The molecular weight excluding hydrogens is 823 g/mol. The molecule has 10 rings (SSSR count). The summed E-state index contributed by atoms with van der Waals surface area (Å²) in [5, 5.41) is 11.1. The van der Waals surface area contributed by atoms with Gasteiger partial charge in [-0.15, -0.1) is 0 Å². The number of ketones is 3. The maximum absolute atomic E-state index is 17.7. The number of fused-ring (bicyclic) bond motifs is 5. The second kappa shape index (κ2) is 15.4. The molecular formula is C49H48F2N6O7. The Labute approximate surface area is 368 Å². The van der Waals surface area contributed by atoms with Gasteiger partial charge in [0, 0.05) is 72.0 Å². The highest BCUT2D eigenvalue weighted by molar-refractivity contribution is 6.49. The van der Waals surface area contributed by atoms with Crippen molar-refractivity contribution < 1.29 is 42.5 Å². The Morgan fingerprint density at radius 3 is 2.38 bits per heavy atom. The average molecular weight is 871 g/mol. The molecule has 5 heterocycles. The number of rotatable bonds is 11. The lowest BCUT2D eigenvalue weighted by Crippen LogP contribution is -2.55. The lowest BCUT2D eigenvalue weighted by Gasteiger charge is -2.40. The summed E-state index contributed by atoms with van der Waals surface area (Å²) in [6.07, 6.45) is 6.87. The lowest BCUT2D eigenvalue weighted by molar-refractivity contribution is -0.120. The topological polar surface area (TPSA) is 155 Å². The van der Waals surface area contributed by atoms with Crippen LogP contribution in [0, 0.1) is 22.5 Å². The molecule has 2 aliphatic carbocycles. The summed E-state index contributed by atoms with van der Waals surface area (Å²) >= 11 is 0. The van der Waals surface area contributed by atoms with E-state index in [0.29, 0.717) is 60.1 Å². The van der Waals surface area contributed by atoms with Gasteiger partial charge in [0.15, 0.2) is 17.7 Å². The molecule has 1 N–H and O–H groups in total. The Bertz CT molecular complexity index is 2830. The third-order valence-electron chi connectivity index (χ3n) is 13.6. The first kappa shape index (κ1) is 41.6. The number of aryl methyl sites for hydroxylation is 1. The number of hydrogen-bond acceptors (Lipinski definition) is 11. The van der Waals surface area contributed by atoms with Crippen molar-refractivity contribution in [1.29, 1.82) is 0 Å². The number of amides is 1. The number of aromatic nitrogens is 3. The van der Waals surface area contributed by atoms with Crippen LogP contribution in [0.5, 0.6) is 11.8 Å². The summed E-state index contributed by atoms with van der Waals surface area (Å²) in [7, 11) is 0. The van der Waals surface area contributed by atoms with Crippen LogP contribution in [0.4, 0.5) is 19.4 Å². The van der Waals surface area contributed by atoms with Gasteiger partial charge in [0.25, 0.3) is 0 Å². The fourth-order valence-electron chi connectivity index (χ4n) is 10.1. The quantitative estimate of drug-likeness (QED) is 0.0774. The number of halogens is 2. The second-order valence-corrected chi connectivity index (χ2v) is 18.9. The Morgan fingerprint density at radius 1 is 0.969 bits per heavy atom. The van der Waals surface area contributed by atoms with Gasteiger partial charge in [0.05, 0.1) is 24.1 Å². The predicted molar refractivity (Wildman–Crippen MR) is 234 cm³/mol. The highest BCUT2D eigenvalue weighted by Crippen LogP contribution is 2.47. The number of ether oxygens (including phenoxy) is 2. The van der Waals surface area contributed by atoms with Crippen molar-refractivity contribution in [2.24, 2.45) is 10.8 Å². The van der Waals surface area contributed by atoms with Crippen LogP contribution < -0.4 is 14.4 Å². The molecule has 13 nitrogen and oxygen atoms in total. The van der Waals surface area contributed by atoms with Crippen molar-refractivity contribution >= 4 is 50.9 Å². The predicted octanol–water partition coefficient (Wildman–Crippen LogP) is 8.16. The second-order valence-electron chi connectivity index (χ2n) is 18.9. The van der Waals surface area contributed by atoms with E-state index in [9.17, 15) is 24.3 Å². The molecule has 0 radical (unpaired) electrons. The number of hydrogen-bond donors (Lipinski definition) is 1. The summed E-state index contributed by atoms with van der Waals surface area (Å²) in [6.45, 7) is 10.6. The van der Waals surface area contributed by atoms with E-state index in [1.807, 2.05) is 4.90 Å². The number of carboxylic acid groups (broad SMARTS) is 1. The van der Waals surface area contributed by atoms with Crippen LogP contribution in [0.3, 0.4) is 0 Å². The zero-order chi connectivity index (χ0) is 44.8. The maximum atomic E-state index is 17.7. The van der Waals surface area contributed by atoms with Crippen LogP contribution >= 0.6 is 0 Å². The molecule has 2 bridgehead atoms. The van der Waals surface area contributed by atoms with Crippen molar-refractivity contribution in [3.63, 3.8) is 0 Å². The fourth-order valence-corrected chi connectivity index (χ4v) is 10.1. The van der Waals surface area contributed by atoms with E-state index < -0.39 is 40.8 Å². The Morgan fingerprint density at radius 2 is 1.70 bits per heavy atom. The standard InChI is InChI=1S/C49H48F2N6O7/c1-5-30-35(50)14-11-26-19-29(64-43-37-31(41(58)42(43)59)9-8-10-32(37)44(60)48(2,3)4)20-33(36(26)30)39-38(51)40-34(21-52-39)45(56-22-27-12-13-28(23-56)57(27)47(61)62)54-46(53-40)63-25-49(15-16-49)24-55-17-6-7-18-55/h6-11,14,19-21,27-28,43H,5,12-13,15-18,22-25H2,1-4H3,(H,61,62)/t27-,28+,43?. The van der Waals surface area contributed by atoms with E-state index in [0.717, 1.165) is 32.5 Å². The summed E-state index contributed by atoms with van der Waals surface area (Å²) in [4.78, 5) is 73.0. The molecule has 1 unspecified atom stereocenters. The van der Waals surface area contributed by atoms with Gasteiger partial charge in [-0.25, -0.2) is 13.6 Å². The smallest absolute Gasteiger partial charge is 0.407 e. The zero-order valence-corrected chi connectivity index (χ0v) is 36.1. The van der Waals surface area contributed by atoms with Gasteiger partial charge in [-0.05, 0) is 66.6 Å². The minimum Gasteiger partial charge on any atom is -0.477 e. The number of anilines is 1. The highest BCUT2D eigenvalue weighted by Gasteiger charge is 2.47. The summed E-state index contributed by atoms with van der Waals surface area (Å²) < 4.78 is 46.2. The first-order chi connectivity index (χ1) is 30.6. The molecule has 3 atom stereocenters. The van der Waals surface area contributed by atoms with Crippen molar-refractivity contribution in [3.05, 3.63) is 94.7 Å². The van der Waals surface area contributed by atoms with Crippen LogP contribution in [0.25, 0.3) is 32.9 Å². The molecule has 5 aromatic rings. The SMILES string of the molecule is CCc1c(F)ccc2cc(OC3C(=O)C(=O)c4cccc(C(=O)C(C)(C)C)c43)cc(-c3ncc4c(N5C[C@H]6CC[C@@H](C5)N6C(=O)O)nc(OCC5(CN6CC=CC6)CC5)nc4c3F)c12. The van der Waals surface area contributed by atoms with Gasteiger partial charge in [-0.1, -0.05) is 64.1 Å². The Hall–Kier alpha value is -6.35. The minimum absolute atomic E-state index is 0.0247. The summed E-state index contributed by atoms with van der Waals surface area (Å²) in [6, 6.07) is 9.98. The highest BCUT2D eigenvalue weighted by atomic mass is 19.1. The minimum atomic E-state index is -1.47.